The summed E-state index contributed by atoms with van der Waals surface area (Å²) in [4.78, 5) is 25.3. The lowest BCUT2D eigenvalue weighted by atomic mass is 10.1. The summed E-state index contributed by atoms with van der Waals surface area (Å²) < 4.78 is 4.85. The van der Waals surface area contributed by atoms with Gasteiger partial charge in [0.25, 0.3) is 0 Å². The van der Waals surface area contributed by atoms with E-state index < -0.39 is 11.9 Å². The largest absolute Gasteiger partial charge is 0.477 e. The molecular formula is C11H15NO4. The predicted molar refractivity (Wildman–Crippen MR) is 57.8 cm³/mol. The molecule has 0 saturated heterocycles. The van der Waals surface area contributed by atoms with Crippen LogP contribution in [0.25, 0.3) is 0 Å². The van der Waals surface area contributed by atoms with E-state index in [9.17, 15) is 9.59 Å². The molecule has 0 aromatic carbocycles. The van der Waals surface area contributed by atoms with Crippen molar-refractivity contribution in [3.8, 4) is 0 Å². The van der Waals surface area contributed by atoms with E-state index >= 15 is 0 Å². The Bertz CT molecular complexity index is 420. The fourth-order valence-corrected chi connectivity index (χ4v) is 1.69. The van der Waals surface area contributed by atoms with Crippen LogP contribution in [0.5, 0.6) is 0 Å². The molecule has 0 bridgehead atoms. The molecule has 5 heteroatoms. The molecule has 1 rings (SSSR count). The number of hydrogen-bond donors (Lipinski definition) is 2. The molecule has 0 amide bonds. The van der Waals surface area contributed by atoms with E-state index in [1.165, 1.54) is 0 Å². The van der Waals surface area contributed by atoms with Crippen LogP contribution in [0.1, 0.15) is 46.0 Å². The maximum atomic E-state index is 11.7. The molecule has 1 aromatic heterocycles. The summed E-state index contributed by atoms with van der Waals surface area (Å²) in [5.41, 5.74) is 1.46. The third kappa shape index (κ3) is 2.08. The standard InChI is InChI=1S/C11H15NO4/c1-4-7-6(3)12-9(10(13)14)8(7)11(15)16-5-2/h12H,4-5H2,1-3H3,(H,13,14). The molecule has 1 aromatic rings. The molecule has 0 aliphatic heterocycles. The number of carbonyl (C=O) groups excluding carboxylic acids is 1. The van der Waals surface area contributed by atoms with Crippen LogP contribution < -0.4 is 0 Å². The molecule has 16 heavy (non-hydrogen) atoms. The first-order valence-electron chi connectivity index (χ1n) is 5.14. The Morgan fingerprint density at radius 2 is 2.00 bits per heavy atom. The third-order valence-corrected chi connectivity index (χ3v) is 2.36. The van der Waals surface area contributed by atoms with E-state index in [1.807, 2.05) is 6.92 Å². The smallest absolute Gasteiger partial charge is 0.353 e. The number of H-pyrrole nitrogens is 1. The van der Waals surface area contributed by atoms with Crippen molar-refractivity contribution in [3.05, 3.63) is 22.5 Å². The Morgan fingerprint density at radius 1 is 1.38 bits per heavy atom. The zero-order valence-corrected chi connectivity index (χ0v) is 9.59. The number of aryl methyl sites for hydroxylation is 1. The van der Waals surface area contributed by atoms with Crippen LogP contribution in [0.2, 0.25) is 0 Å². The number of rotatable bonds is 4. The number of nitrogens with one attached hydrogen (secondary N) is 1. The Hall–Kier alpha value is -1.78. The van der Waals surface area contributed by atoms with Gasteiger partial charge in [-0.15, -0.1) is 0 Å². The van der Waals surface area contributed by atoms with Gasteiger partial charge in [0.15, 0.2) is 0 Å². The summed E-state index contributed by atoms with van der Waals surface area (Å²) in [6.45, 7) is 5.52. The van der Waals surface area contributed by atoms with Crippen LogP contribution in [-0.2, 0) is 11.2 Å². The minimum absolute atomic E-state index is 0.0900. The van der Waals surface area contributed by atoms with E-state index in [0.717, 1.165) is 0 Å². The number of hydrogen-bond acceptors (Lipinski definition) is 3. The highest BCUT2D eigenvalue weighted by Crippen LogP contribution is 2.20. The number of aromatic nitrogens is 1. The van der Waals surface area contributed by atoms with Crippen molar-refractivity contribution in [3.63, 3.8) is 0 Å². The lowest BCUT2D eigenvalue weighted by Crippen LogP contribution is -2.12. The second kappa shape index (κ2) is 4.83. The Morgan fingerprint density at radius 3 is 2.44 bits per heavy atom. The summed E-state index contributed by atoms with van der Waals surface area (Å²) >= 11 is 0. The Kier molecular flexibility index (Phi) is 3.71. The van der Waals surface area contributed by atoms with Gasteiger partial charge in [-0.05, 0) is 25.8 Å². The molecule has 2 N–H and O–H groups in total. The fourth-order valence-electron chi connectivity index (χ4n) is 1.69. The first kappa shape index (κ1) is 12.3. The van der Waals surface area contributed by atoms with Crippen LogP contribution >= 0.6 is 0 Å². The van der Waals surface area contributed by atoms with Crippen LogP contribution in [-0.4, -0.2) is 28.6 Å². The summed E-state index contributed by atoms with van der Waals surface area (Å²) in [5.74, 6) is -1.73. The van der Waals surface area contributed by atoms with Crippen LogP contribution in [0.3, 0.4) is 0 Å². The summed E-state index contributed by atoms with van der Waals surface area (Å²) in [6, 6.07) is 0. The van der Waals surface area contributed by atoms with Crippen LogP contribution in [0, 0.1) is 6.92 Å². The Balaban J connectivity index is 3.31. The van der Waals surface area contributed by atoms with Gasteiger partial charge in [-0.1, -0.05) is 6.92 Å². The van der Waals surface area contributed by atoms with Gasteiger partial charge in [-0.3, -0.25) is 0 Å². The van der Waals surface area contributed by atoms with Crippen molar-refractivity contribution in [1.82, 2.24) is 4.98 Å². The average molecular weight is 225 g/mol. The first-order chi connectivity index (χ1) is 7.52. The van der Waals surface area contributed by atoms with Gasteiger partial charge in [-0.2, -0.15) is 0 Å². The third-order valence-electron chi connectivity index (χ3n) is 2.36. The summed E-state index contributed by atoms with van der Waals surface area (Å²) in [6.07, 6.45) is 0.587. The normalized spacial score (nSPS) is 10.2. The van der Waals surface area contributed by atoms with E-state index in [0.29, 0.717) is 17.7 Å². The molecule has 0 saturated carbocycles. The molecular weight excluding hydrogens is 210 g/mol. The van der Waals surface area contributed by atoms with Gasteiger partial charge in [0.05, 0.1) is 12.2 Å². The monoisotopic (exact) mass is 225 g/mol. The molecule has 88 valence electrons. The van der Waals surface area contributed by atoms with Gasteiger partial charge in [-0.25, -0.2) is 9.59 Å². The second-order valence-corrected chi connectivity index (χ2v) is 3.36. The molecule has 0 spiro atoms. The van der Waals surface area contributed by atoms with Crippen molar-refractivity contribution in [1.29, 1.82) is 0 Å². The second-order valence-electron chi connectivity index (χ2n) is 3.36. The van der Waals surface area contributed by atoms with Crippen molar-refractivity contribution in [2.45, 2.75) is 27.2 Å². The van der Waals surface area contributed by atoms with Gasteiger partial charge in [0.2, 0.25) is 0 Å². The molecule has 0 aliphatic rings. The van der Waals surface area contributed by atoms with E-state index in [2.05, 4.69) is 4.98 Å². The number of carboxylic acids is 1. The fraction of sp³-hybridized carbons (Fsp3) is 0.455. The zero-order valence-electron chi connectivity index (χ0n) is 9.59. The number of carbonyl (C=O) groups is 2. The zero-order chi connectivity index (χ0) is 12.3. The molecule has 5 nitrogen and oxygen atoms in total. The van der Waals surface area contributed by atoms with Crippen molar-refractivity contribution < 1.29 is 19.4 Å². The first-order valence-corrected chi connectivity index (χ1v) is 5.14. The van der Waals surface area contributed by atoms with Gasteiger partial charge in [0, 0.05) is 5.69 Å². The highest BCUT2D eigenvalue weighted by Gasteiger charge is 2.25. The number of esters is 1. The summed E-state index contributed by atoms with van der Waals surface area (Å²) in [5, 5.41) is 8.98. The van der Waals surface area contributed by atoms with E-state index in [4.69, 9.17) is 9.84 Å². The van der Waals surface area contributed by atoms with Crippen LogP contribution in [0.4, 0.5) is 0 Å². The maximum Gasteiger partial charge on any atom is 0.353 e. The van der Waals surface area contributed by atoms with Crippen molar-refractivity contribution >= 4 is 11.9 Å². The number of carboxylic acid groups (broad SMARTS) is 1. The highest BCUT2D eigenvalue weighted by atomic mass is 16.5. The predicted octanol–water partition coefficient (Wildman–Crippen LogP) is 1.76. The van der Waals surface area contributed by atoms with Gasteiger partial charge in [0.1, 0.15) is 5.69 Å². The summed E-state index contributed by atoms with van der Waals surface area (Å²) in [7, 11) is 0. The lowest BCUT2D eigenvalue weighted by molar-refractivity contribution is 0.0513. The number of aromatic carboxylic acids is 1. The SMILES string of the molecule is CCOC(=O)c1c(C(=O)O)[nH]c(C)c1CC. The minimum Gasteiger partial charge on any atom is -0.477 e. The Labute approximate surface area is 93.4 Å². The van der Waals surface area contributed by atoms with Crippen LogP contribution in [0.15, 0.2) is 0 Å². The average Bonchev–Trinajstić information content (AvgIpc) is 2.55. The molecule has 0 atom stereocenters. The van der Waals surface area contributed by atoms with Crippen molar-refractivity contribution in [2.24, 2.45) is 0 Å². The lowest BCUT2D eigenvalue weighted by Gasteiger charge is -2.03. The van der Waals surface area contributed by atoms with E-state index in [1.54, 1.807) is 13.8 Å². The molecule has 0 unspecified atom stereocenters. The highest BCUT2D eigenvalue weighted by molar-refractivity contribution is 6.03. The quantitative estimate of drug-likeness (QED) is 0.765. The number of aromatic amines is 1. The molecule has 0 aliphatic carbocycles. The van der Waals surface area contributed by atoms with Gasteiger partial charge >= 0.3 is 11.9 Å². The molecule has 1 heterocycles. The topological polar surface area (TPSA) is 79.4 Å². The number of ether oxygens (including phenoxy) is 1. The molecule has 0 fully saturated rings. The van der Waals surface area contributed by atoms with Gasteiger partial charge < -0.3 is 14.8 Å². The van der Waals surface area contributed by atoms with E-state index in [-0.39, 0.29) is 17.9 Å². The maximum absolute atomic E-state index is 11.7. The molecule has 0 radical (unpaired) electrons. The van der Waals surface area contributed by atoms with Crippen molar-refractivity contribution in [2.75, 3.05) is 6.61 Å². The minimum atomic E-state index is -1.15.